The number of unbranched alkanes of at least 4 members (excludes halogenated alkanes) is 1. The van der Waals surface area contributed by atoms with Gasteiger partial charge in [0, 0.05) is 6.04 Å². The van der Waals surface area contributed by atoms with E-state index in [1.54, 1.807) is 14.2 Å². The molecular weight excluding hydrogens is 286 g/mol. The molecule has 0 radical (unpaired) electrons. The van der Waals surface area contributed by atoms with E-state index in [2.05, 4.69) is 36.5 Å². The molecule has 23 heavy (non-hydrogen) atoms. The smallest absolute Gasteiger partial charge is 0.118 e. The SMILES string of the molecule is CCCCN[C@H](Cc1ccc(OC)cc1)c1ccc(OC)cc1. The highest BCUT2D eigenvalue weighted by molar-refractivity contribution is 5.32. The van der Waals surface area contributed by atoms with Crippen LogP contribution in [0.5, 0.6) is 11.5 Å². The third-order valence-electron chi connectivity index (χ3n) is 4.04. The predicted molar refractivity (Wildman–Crippen MR) is 95.3 cm³/mol. The minimum Gasteiger partial charge on any atom is -0.497 e. The number of methoxy groups -OCH3 is 2. The van der Waals surface area contributed by atoms with Crippen molar-refractivity contribution in [3.8, 4) is 11.5 Å². The Kier molecular flexibility index (Phi) is 6.95. The van der Waals surface area contributed by atoms with E-state index in [-0.39, 0.29) is 0 Å². The van der Waals surface area contributed by atoms with E-state index < -0.39 is 0 Å². The summed E-state index contributed by atoms with van der Waals surface area (Å²) in [5.41, 5.74) is 2.59. The van der Waals surface area contributed by atoms with Crippen LogP contribution in [-0.4, -0.2) is 20.8 Å². The van der Waals surface area contributed by atoms with Crippen LogP contribution in [0, 0.1) is 0 Å². The molecule has 2 aromatic carbocycles. The predicted octanol–water partition coefficient (Wildman–Crippen LogP) is 4.38. The van der Waals surface area contributed by atoms with E-state index in [9.17, 15) is 0 Å². The third-order valence-corrected chi connectivity index (χ3v) is 4.04. The van der Waals surface area contributed by atoms with E-state index in [4.69, 9.17) is 9.47 Å². The maximum Gasteiger partial charge on any atom is 0.118 e. The van der Waals surface area contributed by atoms with Crippen LogP contribution in [0.4, 0.5) is 0 Å². The molecular formula is C20H27NO2. The van der Waals surface area contributed by atoms with Crippen molar-refractivity contribution in [1.29, 1.82) is 0 Å². The molecule has 0 aliphatic heterocycles. The van der Waals surface area contributed by atoms with Gasteiger partial charge in [0.1, 0.15) is 11.5 Å². The molecule has 124 valence electrons. The summed E-state index contributed by atoms with van der Waals surface area (Å²) in [5.74, 6) is 1.79. The fourth-order valence-corrected chi connectivity index (χ4v) is 2.59. The van der Waals surface area contributed by atoms with Gasteiger partial charge in [-0.3, -0.25) is 0 Å². The van der Waals surface area contributed by atoms with Crippen LogP contribution >= 0.6 is 0 Å². The lowest BCUT2D eigenvalue weighted by atomic mass is 9.98. The Balaban J connectivity index is 2.11. The monoisotopic (exact) mass is 313 g/mol. The van der Waals surface area contributed by atoms with Crippen molar-refractivity contribution < 1.29 is 9.47 Å². The molecule has 0 heterocycles. The van der Waals surface area contributed by atoms with Crippen molar-refractivity contribution in [2.45, 2.75) is 32.2 Å². The van der Waals surface area contributed by atoms with Crippen LogP contribution < -0.4 is 14.8 Å². The number of ether oxygens (including phenoxy) is 2. The Hall–Kier alpha value is -2.00. The van der Waals surface area contributed by atoms with Crippen LogP contribution in [0.15, 0.2) is 48.5 Å². The number of nitrogens with one attached hydrogen (secondary N) is 1. The summed E-state index contributed by atoms with van der Waals surface area (Å²) in [4.78, 5) is 0. The van der Waals surface area contributed by atoms with Gasteiger partial charge in [0.05, 0.1) is 14.2 Å². The van der Waals surface area contributed by atoms with E-state index in [1.807, 2.05) is 24.3 Å². The molecule has 0 aliphatic carbocycles. The highest BCUT2D eigenvalue weighted by atomic mass is 16.5. The average molecular weight is 313 g/mol. The lowest BCUT2D eigenvalue weighted by molar-refractivity contribution is 0.413. The summed E-state index contributed by atoms with van der Waals surface area (Å²) >= 11 is 0. The van der Waals surface area contributed by atoms with Crippen LogP contribution in [0.1, 0.15) is 36.9 Å². The van der Waals surface area contributed by atoms with Crippen molar-refractivity contribution in [3.63, 3.8) is 0 Å². The number of benzene rings is 2. The molecule has 3 nitrogen and oxygen atoms in total. The second kappa shape index (κ2) is 9.21. The van der Waals surface area contributed by atoms with Gasteiger partial charge in [0.25, 0.3) is 0 Å². The van der Waals surface area contributed by atoms with Crippen LogP contribution in [0.25, 0.3) is 0 Å². The summed E-state index contributed by atoms with van der Waals surface area (Å²) in [5, 5.41) is 3.68. The Labute approximate surface area is 139 Å². The largest absolute Gasteiger partial charge is 0.497 e. The first-order valence-corrected chi connectivity index (χ1v) is 8.27. The maximum atomic E-state index is 5.26. The van der Waals surface area contributed by atoms with Crippen LogP contribution in [0.2, 0.25) is 0 Å². The second-order valence-electron chi connectivity index (χ2n) is 5.69. The average Bonchev–Trinajstić information content (AvgIpc) is 2.62. The van der Waals surface area contributed by atoms with Gasteiger partial charge < -0.3 is 14.8 Å². The van der Waals surface area contributed by atoms with E-state index in [0.29, 0.717) is 6.04 Å². The van der Waals surface area contributed by atoms with Gasteiger partial charge in [0.2, 0.25) is 0 Å². The zero-order valence-corrected chi connectivity index (χ0v) is 14.3. The summed E-state index contributed by atoms with van der Waals surface area (Å²) in [6.07, 6.45) is 3.35. The zero-order chi connectivity index (χ0) is 16.5. The van der Waals surface area contributed by atoms with Crippen LogP contribution in [-0.2, 0) is 6.42 Å². The van der Waals surface area contributed by atoms with Gasteiger partial charge in [-0.2, -0.15) is 0 Å². The highest BCUT2D eigenvalue weighted by Gasteiger charge is 2.12. The molecule has 3 heteroatoms. The molecule has 0 fully saturated rings. The van der Waals surface area contributed by atoms with Crippen molar-refractivity contribution in [1.82, 2.24) is 5.32 Å². The van der Waals surface area contributed by atoms with E-state index in [0.717, 1.165) is 24.5 Å². The van der Waals surface area contributed by atoms with Crippen molar-refractivity contribution in [2.24, 2.45) is 0 Å². The first-order chi connectivity index (χ1) is 11.3. The quantitative estimate of drug-likeness (QED) is 0.697. The number of hydrogen-bond acceptors (Lipinski definition) is 3. The molecule has 0 amide bonds. The molecule has 1 atom stereocenters. The fraction of sp³-hybridized carbons (Fsp3) is 0.400. The van der Waals surface area contributed by atoms with E-state index in [1.165, 1.54) is 24.0 Å². The zero-order valence-electron chi connectivity index (χ0n) is 14.3. The molecule has 2 rings (SSSR count). The first-order valence-electron chi connectivity index (χ1n) is 8.27. The Morgan fingerprint density at radius 2 is 1.43 bits per heavy atom. The molecule has 0 aromatic heterocycles. The second-order valence-corrected chi connectivity index (χ2v) is 5.69. The molecule has 0 saturated heterocycles. The topological polar surface area (TPSA) is 30.5 Å². The summed E-state index contributed by atoms with van der Waals surface area (Å²) in [7, 11) is 3.39. The molecule has 0 aliphatic rings. The third kappa shape index (κ3) is 5.29. The Morgan fingerprint density at radius 3 is 1.96 bits per heavy atom. The van der Waals surface area contributed by atoms with Crippen molar-refractivity contribution in [3.05, 3.63) is 59.7 Å². The van der Waals surface area contributed by atoms with Gasteiger partial charge in [-0.25, -0.2) is 0 Å². The normalized spacial score (nSPS) is 12.0. The van der Waals surface area contributed by atoms with Crippen molar-refractivity contribution in [2.75, 3.05) is 20.8 Å². The van der Waals surface area contributed by atoms with Crippen molar-refractivity contribution >= 4 is 0 Å². The lowest BCUT2D eigenvalue weighted by Gasteiger charge is -2.20. The first kappa shape index (κ1) is 17.4. The van der Waals surface area contributed by atoms with Gasteiger partial charge in [-0.15, -0.1) is 0 Å². The lowest BCUT2D eigenvalue weighted by Crippen LogP contribution is -2.24. The van der Waals surface area contributed by atoms with E-state index >= 15 is 0 Å². The summed E-state index contributed by atoms with van der Waals surface area (Å²) < 4.78 is 10.5. The molecule has 0 spiro atoms. The Morgan fingerprint density at radius 1 is 0.870 bits per heavy atom. The molecule has 0 saturated carbocycles. The van der Waals surface area contributed by atoms with Gasteiger partial charge in [0.15, 0.2) is 0 Å². The fourth-order valence-electron chi connectivity index (χ4n) is 2.59. The Bertz CT molecular complexity index is 563. The molecule has 1 N–H and O–H groups in total. The number of hydrogen-bond donors (Lipinski definition) is 1. The summed E-state index contributed by atoms with van der Waals surface area (Å²) in [6.45, 7) is 3.25. The van der Waals surface area contributed by atoms with Gasteiger partial charge >= 0.3 is 0 Å². The molecule has 0 bridgehead atoms. The number of rotatable bonds is 9. The molecule has 0 unspecified atom stereocenters. The van der Waals surface area contributed by atoms with Gasteiger partial charge in [-0.05, 0) is 54.8 Å². The van der Waals surface area contributed by atoms with Gasteiger partial charge in [-0.1, -0.05) is 37.6 Å². The minimum absolute atomic E-state index is 0.306. The summed E-state index contributed by atoms with van der Waals surface area (Å²) in [6, 6.07) is 17.0. The maximum absolute atomic E-state index is 5.26. The standard InChI is InChI=1S/C20H27NO2/c1-4-5-14-21-20(17-8-12-19(23-3)13-9-17)15-16-6-10-18(22-2)11-7-16/h6-13,20-21H,4-5,14-15H2,1-3H3/t20-/m1/s1. The highest BCUT2D eigenvalue weighted by Crippen LogP contribution is 2.22. The minimum atomic E-state index is 0.306. The van der Waals surface area contributed by atoms with Crippen LogP contribution in [0.3, 0.4) is 0 Å². The molecule has 2 aromatic rings.